The minimum atomic E-state index is -2.56. The lowest BCUT2D eigenvalue weighted by molar-refractivity contribution is -0.142. The largest absolute Gasteiger partial charge is 0.480 e. The van der Waals surface area contributed by atoms with Crippen molar-refractivity contribution in [1.82, 2.24) is 4.90 Å². The maximum atomic E-state index is 13.3. The average Bonchev–Trinajstić information content (AvgIpc) is 2.88. The van der Waals surface area contributed by atoms with Gasteiger partial charge in [0.2, 0.25) is 0 Å². The van der Waals surface area contributed by atoms with Crippen molar-refractivity contribution in [3.05, 3.63) is 93.4 Å². The average molecular weight is 724 g/mol. The van der Waals surface area contributed by atoms with Crippen LogP contribution in [0.1, 0.15) is 12.0 Å². The van der Waals surface area contributed by atoms with E-state index in [0.29, 0.717) is 0 Å². The van der Waals surface area contributed by atoms with Crippen LogP contribution in [0.4, 0.5) is 4.79 Å². The van der Waals surface area contributed by atoms with E-state index in [1.165, 1.54) is 27.7 Å². The van der Waals surface area contributed by atoms with Crippen LogP contribution in [-0.4, -0.2) is 40.3 Å². The topological polar surface area (TPSA) is 66.8 Å². The lowest BCUT2D eigenvalue weighted by Crippen LogP contribution is -2.45. The van der Waals surface area contributed by atoms with Gasteiger partial charge in [-0.15, -0.1) is 11.6 Å². The van der Waals surface area contributed by atoms with Crippen molar-refractivity contribution in [1.29, 1.82) is 0 Å². The summed E-state index contributed by atoms with van der Waals surface area (Å²) in [5.74, 6) is -1.08. The van der Waals surface area contributed by atoms with E-state index in [1.54, 1.807) is 0 Å². The molecule has 1 N–H and O–H groups in total. The molecule has 0 radical (unpaired) electrons. The highest BCUT2D eigenvalue weighted by Gasteiger charge is 2.36. The fraction of sp³-hybridized carbons (Fsp3) is 0.200. The van der Waals surface area contributed by atoms with E-state index in [-0.39, 0.29) is 25.2 Å². The summed E-state index contributed by atoms with van der Waals surface area (Å²) in [7, 11) is 0. The lowest BCUT2D eigenvalue weighted by Gasteiger charge is -2.32. The quantitative estimate of drug-likeness (QED) is 0.148. The standard InChI is InChI=1S/C25H23Br2ClNO4PS3/c26-19-6-10-21(11-7-19)36-34(35,37-22-12-8-20(27)9-13-22)17-29(23(14-15-28)24(30)31)25(32)33-16-18-4-2-1-3-5-18/h1-13,23H,14-17H2,(H,30,31). The number of carbonyl (C=O) groups excluding carboxylic acids is 1. The molecule has 0 aliphatic rings. The van der Waals surface area contributed by atoms with Crippen molar-refractivity contribution in [2.24, 2.45) is 0 Å². The van der Waals surface area contributed by atoms with Gasteiger partial charge in [0.25, 0.3) is 0 Å². The van der Waals surface area contributed by atoms with Gasteiger partial charge in [-0.05, 0) is 60.5 Å². The number of ether oxygens (including phenoxy) is 1. The van der Waals surface area contributed by atoms with Gasteiger partial charge < -0.3 is 9.84 Å². The number of rotatable bonds is 12. The highest BCUT2D eigenvalue weighted by atomic mass is 79.9. The third kappa shape index (κ3) is 9.92. The van der Waals surface area contributed by atoms with Gasteiger partial charge in [0.1, 0.15) is 12.6 Å². The third-order valence-electron chi connectivity index (χ3n) is 4.93. The molecule has 3 aromatic rings. The maximum Gasteiger partial charge on any atom is 0.411 e. The van der Waals surface area contributed by atoms with E-state index in [2.05, 4.69) is 31.9 Å². The van der Waals surface area contributed by atoms with Crippen LogP contribution < -0.4 is 0 Å². The van der Waals surface area contributed by atoms with Crippen molar-refractivity contribution < 1.29 is 19.4 Å². The van der Waals surface area contributed by atoms with E-state index < -0.39 is 22.5 Å². The molecule has 196 valence electrons. The first-order chi connectivity index (χ1) is 17.7. The molecule has 3 aromatic carbocycles. The zero-order chi connectivity index (χ0) is 26.8. The summed E-state index contributed by atoms with van der Waals surface area (Å²) < 4.78 is 4.88. The summed E-state index contributed by atoms with van der Waals surface area (Å²) in [4.78, 5) is 28.7. The number of alkyl halides is 1. The zero-order valence-corrected chi connectivity index (χ0v) is 26.6. The Morgan fingerprint density at radius 3 is 1.92 bits per heavy atom. The van der Waals surface area contributed by atoms with Gasteiger partial charge in [-0.3, -0.25) is 4.90 Å². The molecule has 3 rings (SSSR count). The second-order valence-corrected chi connectivity index (χ2v) is 21.5. The molecule has 0 aliphatic carbocycles. The van der Waals surface area contributed by atoms with Crippen LogP contribution in [0.5, 0.6) is 0 Å². The van der Waals surface area contributed by atoms with Crippen molar-refractivity contribution >= 4 is 94.5 Å². The Hall–Kier alpha value is -1.00. The van der Waals surface area contributed by atoms with Gasteiger partial charge in [-0.2, -0.15) is 0 Å². The second-order valence-electron chi connectivity index (χ2n) is 7.68. The van der Waals surface area contributed by atoms with Gasteiger partial charge in [0.05, 0.1) is 10.7 Å². The number of halogens is 3. The first-order valence-corrected chi connectivity index (χ1v) is 18.9. The molecule has 5 nitrogen and oxygen atoms in total. The normalized spacial score (nSPS) is 12.1. The molecule has 0 saturated carbocycles. The fourth-order valence-electron chi connectivity index (χ4n) is 3.18. The molecule has 0 fully saturated rings. The minimum absolute atomic E-state index is 0.0198. The third-order valence-corrected chi connectivity index (χ3v) is 15.0. The summed E-state index contributed by atoms with van der Waals surface area (Å²) in [6.07, 6.45) is -0.632. The summed E-state index contributed by atoms with van der Waals surface area (Å²) in [6.45, 7) is 0.0198. The van der Waals surface area contributed by atoms with Crippen LogP contribution in [0.2, 0.25) is 0 Å². The van der Waals surface area contributed by atoms with Crippen LogP contribution >= 0.6 is 70.7 Å². The number of carbonyl (C=O) groups is 2. The smallest absolute Gasteiger partial charge is 0.411 e. The number of aliphatic carboxylic acids is 1. The SMILES string of the molecule is O=C(O)C(CCCl)N(CP(=S)(Sc1ccc(Br)cc1)Sc1ccc(Br)cc1)C(=O)OCc1ccccc1. The Balaban J connectivity index is 1.94. The molecule has 0 aromatic heterocycles. The van der Waals surface area contributed by atoms with E-state index in [1.807, 2.05) is 78.9 Å². The predicted molar refractivity (Wildman–Crippen MR) is 164 cm³/mol. The molecule has 1 atom stereocenters. The summed E-state index contributed by atoms with van der Waals surface area (Å²) >= 11 is 22.1. The van der Waals surface area contributed by atoms with Crippen molar-refractivity contribution in [3.8, 4) is 0 Å². The maximum absolute atomic E-state index is 13.3. The number of carboxylic acids is 1. The highest BCUT2D eigenvalue weighted by molar-refractivity contribution is 9.10. The molecule has 37 heavy (non-hydrogen) atoms. The molecule has 12 heteroatoms. The Kier molecular flexibility index (Phi) is 12.4. The number of benzene rings is 3. The van der Waals surface area contributed by atoms with Gasteiger partial charge in [0.15, 0.2) is 0 Å². The summed E-state index contributed by atoms with van der Waals surface area (Å²) in [6, 6.07) is 23.5. The monoisotopic (exact) mass is 721 g/mol. The molecule has 1 amide bonds. The molecule has 0 bridgehead atoms. The molecule has 0 saturated heterocycles. The van der Waals surface area contributed by atoms with Crippen molar-refractivity contribution in [2.45, 2.75) is 28.9 Å². The molecule has 0 spiro atoms. The van der Waals surface area contributed by atoms with Gasteiger partial charge in [-0.1, -0.05) is 96.8 Å². The second kappa shape index (κ2) is 15.0. The number of nitrogens with zero attached hydrogens (tertiary/aromatic N) is 1. The van der Waals surface area contributed by atoms with Crippen LogP contribution in [0.3, 0.4) is 0 Å². The van der Waals surface area contributed by atoms with Gasteiger partial charge in [0, 0.05) is 24.6 Å². The first kappa shape index (κ1) is 30.5. The zero-order valence-electron chi connectivity index (χ0n) is 19.3. The number of hydrogen-bond donors (Lipinski definition) is 1. The molecule has 0 aliphatic heterocycles. The van der Waals surface area contributed by atoms with Gasteiger partial charge in [-0.25, -0.2) is 9.59 Å². The predicted octanol–water partition coefficient (Wildman–Crippen LogP) is 9.08. The fourth-order valence-corrected chi connectivity index (χ4v) is 13.6. The van der Waals surface area contributed by atoms with Crippen LogP contribution in [-0.2, 0) is 27.9 Å². The van der Waals surface area contributed by atoms with Crippen LogP contribution in [0.25, 0.3) is 0 Å². The summed E-state index contributed by atoms with van der Waals surface area (Å²) in [5, 5.41) is 9.99. The number of amides is 1. The Morgan fingerprint density at radius 1 is 0.946 bits per heavy atom. The molecule has 0 heterocycles. The first-order valence-electron chi connectivity index (χ1n) is 10.9. The molecule has 1 unspecified atom stereocenters. The van der Waals surface area contributed by atoms with E-state index in [9.17, 15) is 14.7 Å². The van der Waals surface area contributed by atoms with Crippen molar-refractivity contribution in [3.63, 3.8) is 0 Å². The Labute approximate surface area is 251 Å². The Morgan fingerprint density at radius 2 is 1.46 bits per heavy atom. The number of hydrogen-bond acceptors (Lipinski definition) is 6. The van der Waals surface area contributed by atoms with E-state index in [4.69, 9.17) is 28.1 Å². The summed E-state index contributed by atoms with van der Waals surface area (Å²) in [5.41, 5.74) is 0.799. The van der Waals surface area contributed by atoms with Crippen molar-refractivity contribution in [2.75, 3.05) is 12.2 Å². The van der Waals surface area contributed by atoms with Gasteiger partial charge >= 0.3 is 12.1 Å². The lowest BCUT2D eigenvalue weighted by atomic mass is 10.2. The molecular weight excluding hydrogens is 701 g/mol. The number of carboxylic acid groups (broad SMARTS) is 1. The highest BCUT2D eigenvalue weighted by Crippen LogP contribution is 2.74. The van der Waals surface area contributed by atoms with Crippen LogP contribution in [0, 0.1) is 0 Å². The Bertz CT molecular complexity index is 1190. The van der Waals surface area contributed by atoms with E-state index in [0.717, 1.165) is 24.3 Å². The minimum Gasteiger partial charge on any atom is -0.480 e. The molecular formula is C25H23Br2ClNO4PS3. The van der Waals surface area contributed by atoms with Crippen LogP contribution in [0.15, 0.2) is 97.6 Å². The van der Waals surface area contributed by atoms with E-state index >= 15 is 0 Å².